The Morgan fingerprint density at radius 2 is 1.27 bits per heavy atom. The van der Waals surface area contributed by atoms with Gasteiger partial charge in [0.15, 0.2) is 0 Å². The maximum absolute atomic E-state index is 12.0. The zero-order valence-electron chi connectivity index (χ0n) is 19.1. The molecule has 1 aromatic heterocycles. The van der Waals surface area contributed by atoms with Crippen molar-refractivity contribution in [3.8, 4) is 22.6 Å². The van der Waals surface area contributed by atoms with E-state index in [1.165, 1.54) is 0 Å². The van der Waals surface area contributed by atoms with E-state index in [0.29, 0.717) is 28.2 Å². The number of benzene rings is 3. The Morgan fingerprint density at radius 1 is 0.727 bits per heavy atom. The summed E-state index contributed by atoms with van der Waals surface area (Å²) in [6, 6.07) is 15.1. The number of esters is 2. The first-order valence-corrected chi connectivity index (χ1v) is 10.5. The molecule has 0 aliphatic rings. The van der Waals surface area contributed by atoms with Crippen LogP contribution in [0.4, 0.5) is 0 Å². The molecule has 0 saturated heterocycles. The van der Waals surface area contributed by atoms with Crippen LogP contribution in [-0.2, 0) is 9.59 Å². The number of furan rings is 1. The van der Waals surface area contributed by atoms with E-state index in [2.05, 4.69) is 13.2 Å². The third-order valence-corrected chi connectivity index (χ3v) is 5.53. The lowest BCUT2D eigenvalue weighted by atomic mass is 9.98. The summed E-state index contributed by atoms with van der Waals surface area (Å²) in [6.07, 6.45) is 0. The van der Waals surface area contributed by atoms with Crippen LogP contribution in [-0.4, -0.2) is 11.9 Å². The summed E-state index contributed by atoms with van der Waals surface area (Å²) in [6.45, 7) is 14.3. The van der Waals surface area contributed by atoms with Crippen LogP contribution in [0.2, 0.25) is 0 Å². The van der Waals surface area contributed by atoms with E-state index in [9.17, 15) is 9.59 Å². The number of aryl methyl sites for hydroxylation is 2. The molecule has 0 amide bonds. The van der Waals surface area contributed by atoms with Crippen molar-refractivity contribution < 1.29 is 23.5 Å². The van der Waals surface area contributed by atoms with Crippen molar-refractivity contribution in [2.24, 2.45) is 0 Å². The monoisotopic (exact) mass is 440 g/mol. The molecule has 0 spiro atoms. The summed E-state index contributed by atoms with van der Waals surface area (Å²) in [5.74, 6) is -0.00953. The molecule has 3 aromatic carbocycles. The number of hydrogen-bond donors (Lipinski definition) is 0. The highest BCUT2D eigenvalue weighted by molar-refractivity contribution is 6.09. The summed E-state index contributed by atoms with van der Waals surface area (Å²) in [5, 5.41) is 1.94. The van der Waals surface area contributed by atoms with Crippen LogP contribution in [0.5, 0.6) is 11.5 Å². The molecule has 0 radical (unpaired) electrons. The largest absolute Gasteiger partial charge is 0.455 e. The molecule has 0 fully saturated rings. The summed E-state index contributed by atoms with van der Waals surface area (Å²) in [4.78, 5) is 23.7. The highest BCUT2D eigenvalue weighted by atomic mass is 16.5. The SMILES string of the molecule is C=C(C)C(=O)Oc1ccc(-c2ccc3c(oc4c(C)c(OC(=O)C(=C)C)ccc43)c2C)cc1. The predicted octanol–water partition coefficient (Wildman–Crippen LogP) is 6.83. The Hall–Kier alpha value is -4.12. The quantitative estimate of drug-likeness (QED) is 0.193. The molecule has 0 atom stereocenters. The molecule has 0 aliphatic heterocycles. The van der Waals surface area contributed by atoms with Crippen LogP contribution < -0.4 is 9.47 Å². The highest BCUT2D eigenvalue weighted by Crippen LogP contribution is 2.39. The number of rotatable bonds is 5. The van der Waals surface area contributed by atoms with Crippen molar-refractivity contribution in [3.63, 3.8) is 0 Å². The molecule has 4 aromatic rings. The first-order chi connectivity index (χ1) is 15.7. The fourth-order valence-corrected chi connectivity index (χ4v) is 3.66. The third-order valence-electron chi connectivity index (χ3n) is 5.53. The topological polar surface area (TPSA) is 65.7 Å². The van der Waals surface area contributed by atoms with E-state index in [1.54, 1.807) is 32.0 Å². The third kappa shape index (κ3) is 4.05. The zero-order valence-corrected chi connectivity index (χ0v) is 19.1. The van der Waals surface area contributed by atoms with Crippen LogP contribution in [0.3, 0.4) is 0 Å². The number of fused-ring (bicyclic) bond motifs is 3. The van der Waals surface area contributed by atoms with Gasteiger partial charge in [-0.15, -0.1) is 0 Å². The summed E-state index contributed by atoms with van der Waals surface area (Å²) in [5.41, 5.74) is 5.84. The molecule has 0 saturated carbocycles. The molecular formula is C28H24O5. The Morgan fingerprint density at radius 3 is 1.88 bits per heavy atom. The lowest BCUT2D eigenvalue weighted by molar-refractivity contribution is -0.130. The van der Waals surface area contributed by atoms with Crippen molar-refractivity contribution in [2.75, 3.05) is 0 Å². The molecule has 1 heterocycles. The van der Waals surface area contributed by atoms with Gasteiger partial charge in [0.2, 0.25) is 0 Å². The first-order valence-electron chi connectivity index (χ1n) is 10.5. The Labute approximate surface area is 191 Å². The Kier molecular flexibility index (Phi) is 5.64. The lowest BCUT2D eigenvalue weighted by Gasteiger charge is -2.08. The second-order valence-electron chi connectivity index (χ2n) is 8.15. The van der Waals surface area contributed by atoms with Crippen LogP contribution in [0.15, 0.2) is 77.3 Å². The van der Waals surface area contributed by atoms with Crippen LogP contribution in [0, 0.1) is 13.8 Å². The Balaban J connectivity index is 1.74. The van der Waals surface area contributed by atoms with Gasteiger partial charge in [-0.1, -0.05) is 31.4 Å². The van der Waals surface area contributed by atoms with E-state index >= 15 is 0 Å². The standard InChI is InChI=1S/C28H24O5/c1-15(2)27(29)31-20-9-7-19(8-10-20)21-11-12-22-23-13-14-24(32-28(30)16(3)4)18(6)26(23)33-25(22)17(21)5/h7-14H,1,3H2,2,4-6H3. The average molecular weight is 440 g/mol. The van der Waals surface area contributed by atoms with Gasteiger partial charge in [0, 0.05) is 33.0 Å². The minimum Gasteiger partial charge on any atom is -0.455 e. The maximum atomic E-state index is 12.0. The molecular weight excluding hydrogens is 416 g/mol. The molecule has 33 heavy (non-hydrogen) atoms. The second-order valence-corrected chi connectivity index (χ2v) is 8.15. The average Bonchev–Trinajstić information content (AvgIpc) is 3.17. The van der Waals surface area contributed by atoms with E-state index in [-0.39, 0.29) is 0 Å². The molecule has 0 aliphatic carbocycles. The summed E-state index contributed by atoms with van der Waals surface area (Å²) in [7, 11) is 0. The summed E-state index contributed by atoms with van der Waals surface area (Å²) >= 11 is 0. The molecule has 166 valence electrons. The molecule has 0 bridgehead atoms. The van der Waals surface area contributed by atoms with Gasteiger partial charge >= 0.3 is 11.9 Å². The van der Waals surface area contributed by atoms with Crippen molar-refractivity contribution in [1.82, 2.24) is 0 Å². The van der Waals surface area contributed by atoms with Crippen LogP contribution in [0.25, 0.3) is 33.1 Å². The second kappa shape index (κ2) is 8.43. The van der Waals surface area contributed by atoms with Crippen molar-refractivity contribution >= 4 is 33.9 Å². The predicted molar refractivity (Wildman–Crippen MR) is 130 cm³/mol. The van der Waals surface area contributed by atoms with E-state index in [4.69, 9.17) is 13.9 Å². The van der Waals surface area contributed by atoms with E-state index < -0.39 is 11.9 Å². The van der Waals surface area contributed by atoms with E-state index in [0.717, 1.165) is 38.6 Å². The van der Waals surface area contributed by atoms with Gasteiger partial charge in [-0.05, 0) is 69.2 Å². The van der Waals surface area contributed by atoms with Gasteiger partial charge in [-0.25, -0.2) is 9.59 Å². The fraction of sp³-hybridized carbons (Fsp3) is 0.143. The number of hydrogen-bond acceptors (Lipinski definition) is 5. The summed E-state index contributed by atoms with van der Waals surface area (Å²) < 4.78 is 17.0. The Bertz CT molecular complexity index is 1450. The maximum Gasteiger partial charge on any atom is 0.338 e. The van der Waals surface area contributed by atoms with Crippen molar-refractivity contribution in [2.45, 2.75) is 27.7 Å². The van der Waals surface area contributed by atoms with Gasteiger partial charge in [0.05, 0.1) is 0 Å². The van der Waals surface area contributed by atoms with Gasteiger partial charge in [0.25, 0.3) is 0 Å². The molecule has 5 heteroatoms. The number of ether oxygens (including phenoxy) is 2. The van der Waals surface area contributed by atoms with Crippen molar-refractivity contribution in [3.05, 3.63) is 84.0 Å². The van der Waals surface area contributed by atoms with Crippen LogP contribution in [0.1, 0.15) is 25.0 Å². The first kappa shape index (κ1) is 22.1. The van der Waals surface area contributed by atoms with Gasteiger partial charge in [0.1, 0.15) is 22.7 Å². The minimum absolute atomic E-state index is 0.333. The number of carbonyl (C=O) groups excluding carboxylic acids is 2. The van der Waals surface area contributed by atoms with Gasteiger partial charge < -0.3 is 13.9 Å². The van der Waals surface area contributed by atoms with Crippen molar-refractivity contribution in [1.29, 1.82) is 0 Å². The zero-order chi connectivity index (χ0) is 23.9. The minimum atomic E-state index is -0.468. The van der Waals surface area contributed by atoms with Crippen LogP contribution >= 0.6 is 0 Å². The molecule has 5 nitrogen and oxygen atoms in total. The number of carbonyl (C=O) groups is 2. The van der Waals surface area contributed by atoms with E-state index in [1.807, 2.05) is 44.2 Å². The van der Waals surface area contributed by atoms with Gasteiger partial charge in [-0.2, -0.15) is 0 Å². The van der Waals surface area contributed by atoms with Gasteiger partial charge in [-0.3, -0.25) is 0 Å². The smallest absolute Gasteiger partial charge is 0.338 e. The highest BCUT2D eigenvalue weighted by Gasteiger charge is 2.18. The fourth-order valence-electron chi connectivity index (χ4n) is 3.66. The molecule has 0 N–H and O–H groups in total. The molecule has 0 unspecified atom stereocenters. The lowest BCUT2D eigenvalue weighted by Crippen LogP contribution is -2.08. The molecule has 4 rings (SSSR count). The normalized spacial score (nSPS) is 10.9.